The van der Waals surface area contributed by atoms with Crippen LogP contribution in [0.15, 0.2) is 36.6 Å². The Balaban J connectivity index is 2.01. The Hall–Kier alpha value is -2.85. The molecule has 0 atom stereocenters. The lowest BCUT2D eigenvalue weighted by atomic mass is 10.0. The summed E-state index contributed by atoms with van der Waals surface area (Å²) in [4.78, 5) is 25.8. The third kappa shape index (κ3) is 4.61. The minimum absolute atomic E-state index is 0.181. The first kappa shape index (κ1) is 19.5. The Morgan fingerprint density at radius 3 is 2.88 bits per heavy atom. The Labute approximate surface area is 157 Å². The van der Waals surface area contributed by atoms with Gasteiger partial charge >= 0.3 is 0 Å². The molecule has 0 unspecified atom stereocenters. The first-order valence-electron chi connectivity index (χ1n) is 8.12. The van der Waals surface area contributed by atoms with E-state index in [1.54, 1.807) is 24.2 Å². The number of carbonyl (C=O) groups excluding carboxylic acids is 2. The number of nitrogens with one attached hydrogen (secondary N) is 1. The maximum atomic E-state index is 12.2. The summed E-state index contributed by atoms with van der Waals surface area (Å²) in [5, 5.41) is 12.8. The van der Waals surface area contributed by atoms with Gasteiger partial charge in [-0.25, -0.2) is 0 Å². The molecule has 2 heterocycles. The van der Waals surface area contributed by atoms with Crippen molar-refractivity contribution in [1.82, 2.24) is 4.90 Å². The summed E-state index contributed by atoms with van der Waals surface area (Å²) >= 11 is 1.36. The predicted octanol–water partition coefficient (Wildman–Crippen LogP) is 3.13. The number of amides is 2. The Kier molecular flexibility index (Phi) is 6.75. The van der Waals surface area contributed by atoms with Gasteiger partial charge in [0.15, 0.2) is 0 Å². The average Bonchev–Trinajstić information content (AvgIpc) is 3.00. The number of thiophene rings is 1. The zero-order valence-corrected chi connectivity index (χ0v) is 15.5. The highest BCUT2D eigenvalue weighted by atomic mass is 32.1. The molecule has 2 rings (SSSR count). The van der Waals surface area contributed by atoms with Crippen LogP contribution in [0, 0.1) is 11.3 Å². The van der Waals surface area contributed by atoms with Crippen molar-refractivity contribution in [1.29, 1.82) is 5.26 Å². The van der Waals surface area contributed by atoms with Gasteiger partial charge in [-0.2, -0.15) is 5.26 Å². The molecule has 0 fully saturated rings. The van der Waals surface area contributed by atoms with E-state index >= 15 is 0 Å². The minimum Gasteiger partial charge on any atom is -0.497 e. The Morgan fingerprint density at radius 1 is 1.50 bits per heavy atom. The average molecular weight is 371 g/mol. The fraction of sp³-hybridized carbons (Fsp3) is 0.316. The molecule has 1 N–H and O–H groups in total. The van der Waals surface area contributed by atoms with Crippen molar-refractivity contribution >= 4 is 28.7 Å². The zero-order valence-electron chi connectivity index (χ0n) is 14.7. The maximum Gasteiger partial charge on any atom is 0.225 e. The predicted molar refractivity (Wildman–Crippen MR) is 102 cm³/mol. The van der Waals surface area contributed by atoms with Crippen molar-refractivity contribution < 1.29 is 14.3 Å². The molecule has 1 aromatic rings. The van der Waals surface area contributed by atoms with Crippen LogP contribution in [-0.4, -0.2) is 30.9 Å². The van der Waals surface area contributed by atoms with Gasteiger partial charge in [-0.3, -0.25) is 9.59 Å². The second-order valence-electron chi connectivity index (χ2n) is 5.81. The molecule has 0 bridgehead atoms. The molecule has 7 heteroatoms. The molecule has 1 aromatic heterocycles. The molecule has 2 amide bonds. The SMILES string of the molecule is C=C/C(=C\C(=C)CCC(=O)Nc1sc2c(c1C#N)CCN(C=O)C2)OC. The van der Waals surface area contributed by atoms with Crippen molar-refractivity contribution in [2.45, 2.75) is 25.8 Å². The molecule has 1 aliphatic rings. The van der Waals surface area contributed by atoms with Crippen molar-refractivity contribution in [3.63, 3.8) is 0 Å². The van der Waals surface area contributed by atoms with Crippen LogP contribution >= 0.6 is 11.3 Å². The van der Waals surface area contributed by atoms with E-state index in [0.717, 1.165) is 22.4 Å². The van der Waals surface area contributed by atoms with Crippen LogP contribution in [-0.2, 0) is 27.3 Å². The first-order valence-corrected chi connectivity index (χ1v) is 8.93. The first-order chi connectivity index (χ1) is 12.5. The maximum absolute atomic E-state index is 12.2. The molecule has 0 aliphatic carbocycles. The fourth-order valence-corrected chi connectivity index (χ4v) is 3.90. The van der Waals surface area contributed by atoms with Crippen LogP contribution < -0.4 is 5.32 Å². The Bertz CT molecular complexity index is 802. The molecule has 0 saturated heterocycles. The molecule has 1 aliphatic heterocycles. The normalized spacial score (nSPS) is 13.4. The largest absolute Gasteiger partial charge is 0.497 e. The van der Waals surface area contributed by atoms with E-state index in [9.17, 15) is 14.9 Å². The summed E-state index contributed by atoms with van der Waals surface area (Å²) in [6.07, 6.45) is 5.47. The molecule has 0 aromatic carbocycles. The zero-order chi connectivity index (χ0) is 19.1. The summed E-state index contributed by atoms with van der Waals surface area (Å²) < 4.78 is 5.09. The van der Waals surface area contributed by atoms with Gasteiger partial charge in [-0.15, -0.1) is 11.3 Å². The van der Waals surface area contributed by atoms with Crippen LogP contribution in [0.4, 0.5) is 5.00 Å². The summed E-state index contributed by atoms with van der Waals surface area (Å²) in [6, 6.07) is 2.18. The number of nitriles is 1. The lowest BCUT2D eigenvalue weighted by Crippen LogP contribution is -2.28. The van der Waals surface area contributed by atoms with Crippen molar-refractivity contribution in [3.8, 4) is 6.07 Å². The molecule has 26 heavy (non-hydrogen) atoms. The van der Waals surface area contributed by atoms with E-state index in [1.165, 1.54) is 11.3 Å². The third-order valence-electron chi connectivity index (χ3n) is 4.06. The van der Waals surface area contributed by atoms with Gasteiger partial charge in [-0.05, 0) is 30.6 Å². The number of allylic oxidation sites excluding steroid dienone is 3. The van der Waals surface area contributed by atoms with Gasteiger partial charge in [0.05, 0.1) is 19.2 Å². The molecule has 0 spiro atoms. The van der Waals surface area contributed by atoms with Crippen LogP contribution in [0.2, 0.25) is 0 Å². The Morgan fingerprint density at radius 2 is 2.27 bits per heavy atom. The summed E-state index contributed by atoms with van der Waals surface area (Å²) in [6.45, 7) is 8.60. The quantitative estimate of drug-likeness (QED) is 0.432. The smallest absolute Gasteiger partial charge is 0.225 e. The van der Waals surface area contributed by atoms with E-state index in [4.69, 9.17) is 4.74 Å². The van der Waals surface area contributed by atoms with Gasteiger partial charge in [0.2, 0.25) is 12.3 Å². The van der Waals surface area contributed by atoms with Crippen LogP contribution in [0.25, 0.3) is 0 Å². The molecule has 0 radical (unpaired) electrons. The van der Waals surface area contributed by atoms with E-state index in [1.807, 2.05) is 0 Å². The number of nitrogens with zero attached hydrogens (tertiary/aromatic N) is 2. The van der Waals surface area contributed by atoms with Gasteiger partial charge in [0.25, 0.3) is 0 Å². The topological polar surface area (TPSA) is 82.4 Å². The monoisotopic (exact) mass is 371 g/mol. The van der Waals surface area contributed by atoms with Gasteiger partial charge in [0.1, 0.15) is 16.8 Å². The van der Waals surface area contributed by atoms with Crippen LogP contribution in [0.5, 0.6) is 0 Å². The van der Waals surface area contributed by atoms with Crippen LogP contribution in [0.3, 0.4) is 0 Å². The van der Waals surface area contributed by atoms with E-state index in [-0.39, 0.29) is 12.3 Å². The summed E-state index contributed by atoms with van der Waals surface area (Å²) in [7, 11) is 1.54. The lowest BCUT2D eigenvalue weighted by molar-refractivity contribution is -0.119. The second kappa shape index (κ2) is 9.02. The third-order valence-corrected chi connectivity index (χ3v) is 5.19. The van der Waals surface area contributed by atoms with Gasteiger partial charge in [0, 0.05) is 17.8 Å². The fourth-order valence-electron chi connectivity index (χ4n) is 2.66. The second-order valence-corrected chi connectivity index (χ2v) is 6.91. The summed E-state index contributed by atoms with van der Waals surface area (Å²) in [5.41, 5.74) is 2.20. The lowest BCUT2D eigenvalue weighted by Gasteiger charge is -2.22. The number of anilines is 1. The molecular weight excluding hydrogens is 350 g/mol. The number of ether oxygens (including phenoxy) is 1. The number of methoxy groups -OCH3 is 1. The van der Waals surface area contributed by atoms with E-state index in [2.05, 4.69) is 24.5 Å². The van der Waals surface area contributed by atoms with Gasteiger partial charge < -0.3 is 15.0 Å². The van der Waals surface area contributed by atoms with E-state index < -0.39 is 0 Å². The number of rotatable bonds is 8. The highest BCUT2D eigenvalue weighted by Gasteiger charge is 2.24. The number of hydrogen-bond donors (Lipinski definition) is 1. The van der Waals surface area contributed by atoms with Gasteiger partial charge in [-0.1, -0.05) is 18.7 Å². The minimum atomic E-state index is -0.181. The molecule has 0 saturated carbocycles. The molecule has 136 valence electrons. The number of carbonyl (C=O) groups is 2. The summed E-state index contributed by atoms with van der Waals surface area (Å²) in [5.74, 6) is 0.410. The van der Waals surface area contributed by atoms with Crippen molar-refractivity contribution in [3.05, 3.63) is 52.6 Å². The van der Waals surface area contributed by atoms with Crippen LogP contribution in [0.1, 0.15) is 28.8 Å². The number of fused-ring (bicyclic) bond motifs is 1. The molecular formula is C19H21N3O3S. The molecule has 6 nitrogen and oxygen atoms in total. The number of hydrogen-bond acceptors (Lipinski definition) is 5. The van der Waals surface area contributed by atoms with Crippen molar-refractivity contribution in [2.24, 2.45) is 0 Å². The standard InChI is InChI=1S/C19H21N3O3S/c1-4-14(25-3)9-13(2)5-6-18(24)21-19-16(10-20)15-7-8-22(12-23)11-17(15)26-19/h4,9,12H,1-2,5-8,11H2,3H3,(H,21,24)/b14-9+. The van der Waals surface area contributed by atoms with E-state index in [0.29, 0.717) is 42.3 Å². The highest BCUT2D eigenvalue weighted by Crippen LogP contribution is 2.36. The highest BCUT2D eigenvalue weighted by molar-refractivity contribution is 7.16. The van der Waals surface area contributed by atoms with Crippen molar-refractivity contribution in [2.75, 3.05) is 19.0 Å².